The van der Waals surface area contributed by atoms with Gasteiger partial charge in [0, 0.05) is 13.0 Å². The highest BCUT2D eigenvalue weighted by atomic mass is 35.5. The largest absolute Gasteiger partial charge is 0.494 e. The number of anilines is 1. The van der Waals surface area contributed by atoms with Gasteiger partial charge in [0.05, 0.1) is 17.5 Å². The summed E-state index contributed by atoms with van der Waals surface area (Å²) in [6, 6.07) is 2.91. The molecule has 92 valence electrons. The van der Waals surface area contributed by atoms with Crippen LogP contribution in [-0.4, -0.2) is 24.9 Å². The highest BCUT2D eigenvalue weighted by Crippen LogP contribution is 2.37. The molecule has 1 unspecified atom stereocenters. The van der Waals surface area contributed by atoms with Gasteiger partial charge in [-0.15, -0.1) is 11.6 Å². The van der Waals surface area contributed by atoms with Crippen molar-refractivity contribution in [2.75, 3.05) is 18.6 Å². The molecule has 1 fully saturated rings. The lowest BCUT2D eigenvalue weighted by molar-refractivity contribution is -0.117. The zero-order chi connectivity index (χ0) is 12.6. The highest BCUT2D eigenvalue weighted by Gasteiger charge is 2.33. The first-order chi connectivity index (χ1) is 8.04. The van der Waals surface area contributed by atoms with Crippen molar-refractivity contribution in [2.45, 2.75) is 11.8 Å². The topological polar surface area (TPSA) is 29.5 Å². The summed E-state index contributed by atoms with van der Waals surface area (Å²) in [5, 5.41) is -0.147. The Balaban J connectivity index is 2.47. The first-order valence-corrected chi connectivity index (χ1v) is 5.82. The number of amides is 1. The predicted octanol–water partition coefficient (Wildman–Crippen LogP) is 2.83. The Kier molecular flexibility index (Phi) is 3.45. The fourth-order valence-corrected chi connectivity index (χ4v) is 2.33. The summed E-state index contributed by atoms with van der Waals surface area (Å²) in [5.41, 5.74) is 0.0409. The number of halogens is 3. The first kappa shape index (κ1) is 12.5. The van der Waals surface area contributed by atoms with Gasteiger partial charge in [0.2, 0.25) is 5.91 Å². The molecule has 0 spiro atoms. The van der Waals surface area contributed by atoms with Crippen LogP contribution in [0.3, 0.4) is 0 Å². The molecule has 3 nitrogen and oxygen atoms in total. The maximum absolute atomic E-state index is 14.0. The lowest BCUT2D eigenvalue weighted by Crippen LogP contribution is -2.26. The van der Waals surface area contributed by atoms with Crippen LogP contribution in [0.2, 0.25) is 5.02 Å². The number of carbonyl (C=O) groups is 1. The van der Waals surface area contributed by atoms with Crippen LogP contribution < -0.4 is 9.64 Å². The van der Waals surface area contributed by atoms with E-state index >= 15 is 0 Å². The summed E-state index contributed by atoms with van der Waals surface area (Å²) in [5.74, 6) is -0.826. The van der Waals surface area contributed by atoms with E-state index in [-0.39, 0.29) is 40.7 Å². The second-order valence-electron chi connectivity index (χ2n) is 3.72. The van der Waals surface area contributed by atoms with Crippen molar-refractivity contribution < 1.29 is 13.9 Å². The Hall–Kier alpha value is -1.00. The van der Waals surface area contributed by atoms with Crippen LogP contribution in [0.1, 0.15) is 6.42 Å². The lowest BCUT2D eigenvalue weighted by atomic mass is 10.2. The molecule has 1 aromatic rings. The molecule has 0 aromatic heterocycles. The van der Waals surface area contributed by atoms with E-state index in [1.807, 2.05) is 0 Å². The Labute approximate surface area is 108 Å². The molecule has 1 saturated heterocycles. The number of alkyl halides is 1. The molecular formula is C11H10Cl2FNO2. The number of methoxy groups -OCH3 is 1. The second kappa shape index (κ2) is 4.70. The van der Waals surface area contributed by atoms with E-state index in [0.717, 1.165) is 0 Å². The van der Waals surface area contributed by atoms with Crippen LogP contribution in [-0.2, 0) is 4.79 Å². The van der Waals surface area contributed by atoms with Crippen LogP contribution in [0.4, 0.5) is 10.1 Å². The van der Waals surface area contributed by atoms with E-state index in [2.05, 4.69) is 0 Å². The third-order valence-electron chi connectivity index (χ3n) is 2.60. The Morgan fingerprint density at radius 3 is 2.76 bits per heavy atom. The van der Waals surface area contributed by atoms with Gasteiger partial charge in [0.1, 0.15) is 5.69 Å². The number of hydrogen-bond acceptors (Lipinski definition) is 2. The van der Waals surface area contributed by atoms with E-state index in [1.54, 1.807) is 0 Å². The van der Waals surface area contributed by atoms with Gasteiger partial charge in [-0.05, 0) is 12.1 Å². The summed E-state index contributed by atoms with van der Waals surface area (Å²) in [6.45, 7) is 0.254. The number of carbonyl (C=O) groups excluding carboxylic acids is 1. The molecule has 1 heterocycles. The van der Waals surface area contributed by atoms with Crippen LogP contribution in [0.5, 0.6) is 5.75 Å². The smallest absolute Gasteiger partial charge is 0.228 e. The van der Waals surface area contributed by atoms with Crippen LogP contribution in [0, 0.1) is 5.82 Å². The maximum Gasteiger partial charge on any atom is 0.228 e. The van der Waals surface area contributed by atoms with Gasteiger partial charge in [-0.2, -0.15) is 0 Å². The molecule has 0 aliphatic carbocycles. The predicted molar refractivity (Wildman–Crippen MR) is 64.6 cm³/mol. The molecule has 0 N–H and O–H groups in total. The molecule has 1 amide bonds. The Morgan fingerprint density at radius 2 is 2.24 bits per heavy atom. The van der Waals surface area contributed by atoms with Crippen molar-refractivity contribution in [1.29, 1.82) is 0 Å². The third-order valence-corrected chi connectivity index (χ3v) is 3.20. The zero-order valence-corrected chi connectivity index (χ0v) is 10.6. The molecule has 1 aromatic carbocycles. The lowest BCUT2D eigenvalue weighted by Gasteiger charge is -2.19. The van der Waals surface area contributed by atoms with E-state index in [9.17, 15) is 9.18 Å². The Morgan fingerprint density at radius 1 is 1.53 bits per heavy atom. The van der Waals surface area contributed by atoms with Gasteiger partial charge in [0.15, 0.2) is 11.6 Å². The van der Waals surface area contributed by atoms with Crippen LogP contribution in [0.15, 0.2) is 12.1 Å². The molecule has 2 rings (SSSR count). The minimum atomic E-state index is -0.640. The van der Waals surface area contributed by atoms with Crippen LogP contribution >= 0.6 is 23.2 Å². The summed E-state index contributed by atoms with van der Waals surface area (Å²) < 4.78 is 18.9. The van der Waals surface area contributed by atoms with Crippen molar-refractivity contribution >= 4 is 34.8 Å². The normalized spacial score (nSPS) is 19.9. The van der Waals surface area contributed by atoms with E-state index in [1.165, 1.54) is 24.1 Å². The first-order valence-electron chi connectivity index (χ1n) is 5.01. The van der Waals surface area contributed by atoms with Gasteiger partial charge in [-0.1, -0.05) is 11.6 Å². The molecular weight excluding hydrogens is 268 g/mol. The molecule has 1 aliphatic rings. The van der Waals surface area contributed by atoms with E-state index in [4.69, 9.17) is 27.9 Å². The highest BCUT2D eigenvalue weighted by molar-refractivity contribution is 6.34. The fraction of sp³-hybridized carbons (Fsp3) is 0.364. The molecule has 0 saturated carbocycles. The number of ether oxygens (including phenoxy) is 1. The summed E-state index contributed by atoms with van der Waals surface area (Å²) >= 11 is 11.8. The number of benzene rings is 1. The molecule has 0 radical (unpaired) electrons. The fourth-order valence-electron chi connectivity index (χ4n) is 1.81. The molecule has 0 bridgehead atoms. The zero-order valence-electron chi connectivity index (χ0n) is 9.04. The standard InChI is InChI=1S/C11H10Cl2FNO2/c1-17-8-3-2-7(13)11(10(8)14)15-5-6(12)4-9(15)16/h2-3,6H,4-5H2,1H3. The summed E-state index contributed by atoms with van der Waals surface area (Å²) in [6.07, 6.45) is 0.189. The molecule has 1 aliphatic heterocycles. The van der Waals surface area contributed by atoms with Gasteiger partial charge in [-0.25, -0.2) is 4.39 Å². The average molecular weight is 278 g/mol. The van der Waals surface area contributed by atoms with Gasteiger partial charge in [-0.3, -0.25) is 4.79 Å². The minimum Gasteiger partial charge on any atom is -0.494 e. The second-order valence-corrected chi connectivity index (χ2v) is 4.74. The molecule has 6 heteroatoms. The van der Waals surface area contributed by atoms with Crippen molar-refractivity contribution in [3.63, 3.8) is 0 Å². The van der Waals surface area contributed by atoms with Crippen molar-refractivity contribution in [3.8, 4) is 5.75 Å². The molecule has 1 atom stereocenters. The maximum atomic E-state index is 14.0. The Bertz CT molecular complexity index is 467. The summed E-state index contributed by atoms with van der Waals surface area (Å²) in [4.78, 5) is 12.9. The van der Waals surface area contributed by atoms with Gasteiger partial charge >= 0.3 is 0 Å². The minimum absolute atomic E-state index is 0.0409. The monoisotopic (exact) mass is 277 g/mol. The third kappa shape index (κ3) is 2.19. The van der Waals surface area contributed by atoms with Crippen molar-refractivity contribution in [3.05, 3.63) is 23.0 Å². The van der Waals surface area contributed by atoms with E-state index < -0.39 is 5.82 Å². The number of hydrogen-bond donors (Lipinski definition) is 0. The van der Waals surface area contributed by atoms with Gasteiger partial charge < -0.3 is 9.64 Å². The quantitative estimate of drug-likeness (QED) is 0.778. The number of rotatable bonds is 2. The SMILES string of the molecule is COc1ccc(Cl)c(N2CC(Cl)CC2=O)c1F. The van der Waals surface area contributed by atoms with E-state index in [0.29, 0.717) is 0 Å². The van der Waals surface area contributed by atoms with Crippen molar-refractivity contribution in [1.82, 2.24) is 0 Å². The average Bonchev–Trinajstić information content (AvgIpc) is 2.58. The summed E-state index contributed by atoms with van der Waals surface area (Å²) in [7, 11) is 1.35. The number of nitrogens with zero attached hydrogens (tertiary/aromatic N) is 1. The van der Waals surface area contributed by atoms with Crippen molar-refractivity contribution in [2.24, 2.45) is 0 Å². The molecule has 17 heavy (non-hydrogen) atoms. The van der Waals surface area contributed by atoms with Crippen LogP contribution in [0.25, 0.3) is 0 Å². The van der Waals surface area contributed by atoms with Gasteiger partial charge in [0.25, 0.3) is 0 Å².